The fourth-order valence-electron chi connectivity index (χ4n) is 3.87. The molecule has 10 heteroatoms. The number of hydrogen-bond acceptors (Lipinski definition) is 7. The zero-order chi connectivity index (χ0) is 24.2. The van der Waals surface area contributed by atoms with Crippen molar-refractivity contribution in [3.8, 4) is 0 Å². The van der Waals surface area contributed by atoms with Gasteiger partial charge in [0.2, 0.25) is 5.91 Å². The lowest BCUT2D eigenvalue weighted by Gasteiger charge is -2.26. The maximum Gasteiger partial charge on any atom is 0.264 e. The van der Waals surface area contributed by atoms with Crippen LogP contribution >= 0.6 is 23.4 Å². The van der Waals surface area contributed by atoms with Crippen molar-refractivity contribution in [2.24, 2.45) is 4.99 Å². The first-order chi connectivity index (χ1) is 17.0. The number of pyridine rings is 1. The first kappa shape index (κ1) is 23.5. The van der Waals surface area contributed by atoms with Gasteiger partial charge in [0.1, 0.15) is 0 Å². The lowest BCUT2D eigenvalue weighted by atomic mass is 10.1. The Morgan fingerprint density at radius 3 is 2.91 bits per heavy atom. The molecule has 5 rings (SSSR count). The molecule has 2 saturated heterocycles. The van der Waals surface area contributed by atoms with E-state index in [4.69, 9.17) is 11.6 Å². The van der Waals surface area contributed by atoms with Crippen LogP contribution in [0, 0.1) is 0 Å². The Bertz CT molecular complexity index is 1350. The monoisotopic (exact) mass is 506 g/mol. The smallest absolute Gasteiger partial charge is 0.264 e. The topological polar surface area (TPSA) is 98.7 Å². The first-order valence-corrected chi connectivity index (χ1v) is 12.4. The summed E-state index contributed by atoms with van der Waals surface area (Å²) in [6.07, 6.45) is 3.57. The molecule has 0 spiro atoms. The predicted molar refractivity (Wildman–Crippen MR) is 142 cm³/mol. The van der Waals surface area contributed by atoms with Gasteiger partial charge in [-0.05, 0) is 59.8 Å². The number of aliphatic imine (C=N–C) groups is 1. The number of carbonyl (C=O) groups is 2. The average Bonchev–Trinajstić information content (AvgIpc) is 3.20. The van der Waals surface area contributed by atoms with Crippen molar-refractivity contribution in [2.75, 3.05) is 38.0 Å². The first-order valence-electron chi connectivity index (χ1n) is 11.2. The van der Waals surface area contributed by atoms with Gasteiger partial charge >= 0.3 is 0 Å². The summed E-state index contributed by atoms with van der Waals surface area (Å²) in [4.78, 5) is 36.5. The number of fused-ring (bicyclic) bond motifs is 1. The summed E-state index contributed by atoms with van der Waals surface area (Å²) in [5, 5.41) is 10.8. The van der Waals surface area contributed by atoms with E-state index >= 15 is 0 Å². The molecule has 2 aliphatic heterocycles. The van der Waals surface area contributed by atoms with Gasteiger partial charge < -0.3 is 16.0 Å². The van der Waals surface area contributed by atoms with Gasteiger partial charge in [-0.1, -0.05) is 23.7 Å². The van der Waals surface area contributed by atoms with Crippen molar-refractivity contribution in [3.05, 3.63) is 70.2 Å². The van der Waals surface area contributed by atoms with E-state index in [1.54, 1.807) is 24.4 Å². The summed E-state index contributed by atoms with van der Waals surface area (Å²) < 4.78 is 0. The summed E-state index contributed by atoms with van der Waals surface area (Å²) in [5.74, 6) is -0.316. The van der Waals surface area contributed by atoms with E-state index < -0.39 is 0 Å². The fraction of sp³-hybridized carbons (Fsp3) is 0.200. The Kier molecular flexibility index (Phi) is 7.10. The van der Waals surface area contributed by atoms with Gasteiger partial charge in [0.15, 0.2) is 5.17 Å². The number of nitrogens with one attached hydrogen (secondary N) is 3. The largest absolute Gasteiger partial charge is 0.325 e. The second-order valence-corrected chi connectivity index (χ2v) is 9.62. The maximum atomic E-state index is 12.5. The van der Waals surface area contributed by atoms with Gasteiger partial charge in [0, 0.05) is 43.4 Å². The Balaban J connectivity index is 1.29. The Morgan fingerprint density at radius 2 is 2.06 bits per heavy atom. The number of rotatable bonds is 5. The minimum atomic E-state index is -0.225. The zero-order valence-electron chi connectivity index (χ0n) is 18.8. The molecule has 1 aromatic heterocycles. The van der Waals surface area contributed by atoms with Gasteiger partial charge in [-0.15, -0.1) is 0 Å². The van der Waals surface area contributed by atoms with Crippen LogP contribution in [0.5, 0.6) is 0 Å². The van der Waals surface area contributed by atoms with Crippen LogP contribution in [-0.4, -0.2) is 59.6 Å². The highest BCUT2D eigenvalue weighted by molar-refractivity contribution is 8.18. The molecule has 0 saturated carbocycles. The number of anilines is 1. The Labute approximate surface area is 211 Å². The normalized spacial score (nSPS) is 18.8. The molecule has 2 aliphatic rings. The van der Waals surface area contributed by atoms with Crippen molar-refractivity contribution in [1.82, 2.24) is 20.5 Å². The van der Waals surface area contributed by atoms with Crippen LogP contribution in [0.1, 0.15) is 5.56 Å². The molecule has 2 aromatic carbocycles. The minimum Gasteiger partial charge on any atom is -0.325 e. The molecule has 35 heavy (non-hydrogen) atoms. The van der Waals surface area contributed by atoms with E-state index in [-0.39, 0.29) is 11.8 Å². The zero-order valence-corrected chi connectivity index (χ0v) is 20.3. The number of amides is 2. The van der Waals surface area contributed by atoms with Crippen molar-refractivity contribution in [1.29, 1.82) is 0 Å². The lowest BCUT2D eigenvalue weighted by Crippen LogP contribution is -2.46. The molecule has 0 unspecified atom stereocenters. The van der Waals surface area contributed by atoms with Crippen molar-refractivity contribution in [2.45, 2.75) is 0 Å². The second-order valence-electron chi connectivity index (χ2n) is 8.18. The third-order valence-electron chi connectivity index (χ3n) is 5.60. The van der Waals surface area contributed by atoms with E-state index in [0.717, 1.165) is 42.6 Å². The van der Waals surface area contributed by atoms with E-state index in [0.29, 0.717) is 33.0 Å². The fourth-order valence-corrected chi connectivity index (χ4v) is 4.87. The molecule has 3 N–H and O–H groups in total. The molecule has 178 valence electrons. The van der Waals surface area contributed by atoms with Gasteiger partial charge in [0.05, 0.1) is 27.7 Å². The molecule has 0 bridgehead atoms. The third kappa shape index (κ3) is 5.88. The number of nitrogens with zero attached hydrogens (tertiary/aromatic N) is 3. The molecule has 2 amide bonds. The molecule has 0 aliphatic carbocycles. The number of halogens is 1. The van der Waals surface area contributed by atoms with Crippen LogP contribution in [0.2, 0.25) is 5.02 Å². The quantitative estimate of drug-likeness (QED) is 0.457. The number of thioether (sulfide) groups is 1. The predicted octanol–water partition coefficient (Wildman–Crippen LogP) is 3.62. The van der Waals surface area contributed by atoms with Crippen molar-refractivity contribution < 1.29 is 9.59 Å². The Hall–Kier alpha value is -3.24. The summed E-state index contributed by atoms with van der Waals surface area (Å²) in [5.41, 5.74) is 2.86. The molecule has 8 nitrogen and oxygen atoms in total. The van der Waals surface area contributed by atoms with Crippen LogP contribution in [0.3, 0.4) is 0 Å². The van der Waals surface area contributed by atoms with Gasteiger partial charge in [0.25, 0.3) is 5.91 Å². The average molecular weight is 507 g/mol. The summed E-state index contributed by atoms with van der Waals surface area (Å²) in [7, 11) is 0. The number of amidine groups is 1. The van der Waals surface area contributed by atoms with E-state index in [1.807, 2.05) is 36.4 Å². The van der Waals surface area contributed by atoms with Crippen LogP contribution in [0.4, 0.5) is 11.4 Å². The molecule has 0 radical (unpaired) electrons. The molecule has 3 aromatic rings. The molecular formula is C25H23ClN6O2S. The van der Waals surface area contributed by atoms with E-state index in [2.05, 4.69) is 30.8 Å². The van der Waals surface area contributed by atoms with Crippen LogP contribution in [0.25, 0.3) is 17.0 Å². The van der Waals surface area contributed by atoms with E-state index in [1.165, 1.54) is 11.8 Å². The highest BCUT2D eigenvalue weighted by Gasteiger charge is 2.24. The van der Waals surface area contributed by atoms with Gasteiger partial charge in [-0.3, -0.25) is 19.5 Å². The third-order valence-corrected chi connectivity index (χ3v) is 6.83. The summed E-state index contributed by atoms with van der Waals surface area (Å²) >= 11 is 7.59. The molecule has 3 heterocycles. The highest BCUT2D eigenvalue weighted by Crippen LogP contribution is 2.33. The second kappa shape index (κ2) is 10.6. The number of piperazine rings is 1. The number of hydrogen-bond donors (Lipinski definition) is 3. The van der Waals surface area contributed by atoms with Crippen LogP contribution in [-0.2, 0) is 9.59 Å². The number of carbonyl (C=O) groups excluding carboxylic acids is 2. The van der Waals surface area contributed by atoms with Crippen molar-refractivity contribution in [3.63, 3.8) is 0 Å². The standard InChI is InChI=1S/C25H23ClN6O2S/c26-19-5-4-18(29-23(33)15-32-10-8-27-9-11-32)14-21(19)30-25-31-24(34)22(35-25)13-16-3-6-20-17(12-16)2-1-7-28-20/h1-7,12-14,27H,8-11,15H2,(H,29,33)(H,30,31,34)/b22-13-. The SMILES string of the molecule is O=C(CN1CCNCC1)Nc1ccc(Cl)c(N=C2NC(=O)/C(=C/c3ccc4ncccc4c3)S2)c1. The molecule has 0 atom stereocenters. The minimum absolute atomic E-state index is 0.0906. The van der Waals surface area contributed by atoms with Crippen molar-refractivity contribution >= 4 is 68.7 Å². The van der Waals surface area contributed by atoms with Crippen LogP contribution in [0.15, 0.2) is 64.6 Å². The number of benzene rings is 2. The van der Waals surface area contributed by atoms with Gasteiger partial charge in [-0.25, -0.2) is 4.99 Å². The van der Waals surface area contributed by atoms with Gasteiger partial charge in [-0.2, -0.15) is 0 Å². The van der Waals surface area contributed by atoms with E-state index in [9.17, 15) is 9.59 Å². The Morgan fingerprint density at radius 1 is 1.20 bits per heavy atom. The number of aromatic nitrogens is 1. The lowest BCUT2D eigenvalue weighted by molar-refractivity contribution is -0.117. The molecule has 2 fully saturated rings. The maximum absolute atomic E-state index is 12.5. The van der Waals surface area contributed by atoms with Crippen LogP contribution < -0.4 is 16.0 Å². The summed E-state index contributed by atoms with van der Waals surface area (Å²) in [6, 6.07) is 14.8. The summed E-state index contributed by atoms with van der Waals surface area (Å²) in [6.45, 7) is 3.78. The highest BCUT2D eigenvalue weighted by atomic mass is 35.5. The molecular weight excluding hydrogens is 484 g/mol.